The van der Waals surface area contributed by atoms with Crippen molar-refractivity contribution in [1.29, 1.82) is 0 Å². The van der Waals surface area contributed by atoms with Crippen LogP contribution in [0.5, 0.6) is 0 Å². The van der Waals surface area contributed by atoms with E-state index in [0.717, 1.165) is 0 Å². The van der Waals surface area contributed by atoms with Gasteiger partial charge in [-0.3, -0.25) is 0 Å². The summed E-state index contributed by atoms with van der Waals surface area (Å²) in [5.74, 6) is -2.19. The van der Waals surface area contributed by atoms with Gasteiger partial charge in [0.2, 0.25) is 0 Å². The van der Waals surface area contributed by atoms with Gasteiger partial charge in [-0.1, -0.05) is 12.2 Å². The van der Waals surface area contributed by atoms with Crippen molar-refractivity contribution in [2.75, 3.05) is 0 Å². The zero-order valence-corrected chi connectivity index (χ0v) is 10.0. The second kappa shape index (κ2) is 11.0. The average Bonchev–Trinajstić information content (AvgIpc) is 2.15. The molecule has 0 spiro atoms. The van der Waals surface area contributed by atoms with E-state index in [0.29, 0.717) is 0 Å². The van der Waals surface area contributed by atoms with E-state index in [1.54, 1.807) is 13.8 Å². The maximum absolute atomic E-state index is 9.75. The molecule has 1 radical (unpaired) electrons. The van der Waals surface area contributed by atoms with E-state index in [-0.39, 0.29) is 28.2 Å². The third-order valence-corrected chi connectivity index (χ3v) is 1.51. The summed E-state index contributed by atoms with van der Waals surface area (Å²) in [7, 11) is 0. The van der Waals surface area contributed by atoms with E-state index in [4.69, 9.17) is 0 Å². The second-order valence-electron chi connectivity index (χ2n) is 2.52. The molecule has 0 aromatic carbocycles. The number of carboxylic acids is 2. The fourth-order valence-electron chi connectivity index (χ4n) is 0.236. The van der Waals surface area contributed by atoms with Crippen molar-refractivity contribution in [3.63, 3.8) is 0 Å². The van der Waals surface area contributed by atoms with Gasteiger partial charge in [-0.05, 0) is 38.8 Å². The van der Waals surface area contributed by atoms with Crippen LogP contribution in [0.25, 0.3) is 0 Å². The molecule has 4 nitrogen and oxygen atoms in total. The summed E-state index contributed by atoms with van der Waals surface area (Å²) in [5, 5.41) is 19.5. The van der Waals surface area contributed by atoms with Gasteiger partial charge in [-0.2, -0.15) is 0 Å². The van der Waals surface area contributed by atoms with Crippen LogP contribution in [0.4, 0.5) is 0 Å². The van der Waals surface area contributed by atoms with E-state index < -0.39 is 11.9 Å². The summed E-state index contributed by atoms with van der Waals surface area (Å²) < 4.78 is 0. The Morgan fingerprint density at radius 3 is 1.07 bits per heavy atom. The standard InChI is InChI=1S/2C5H8O2.Cu/c2*1-3-4(2)5(6)7;/h2*3H,1-2H3,(H,6,7);/q;;+2/p-2. The number of hydrogen-bond acceptors (Lipinski definition) is 4. The number of carboxylic acid groups (broad SMARTS) is 2. The number of hydrogen-bond donors (Lipinski definition) is 0. The normalized spacial score (nSPS) is 10.7. The van der Waals surface area contributed by atoms with Crippen molar-refractivity contribution in [2.45, 2.75) is 27.7 Å². The van der Waals surface area contributed by atoms with Crippen LogP contribution in [-0.4, -0.2) is 11.9 Å². The van der Waals surface area contributed by atoms with Gasteiger partial charge in [0.15, 0.2) is 0 Å². The molecule has 0 aromatic heterocycles. The first-order valence-electron chi connectivity index (χ1n) is 4.05. The van der Waals surface area contributed by atoms with Crippen molar-refractivity contribution in [1.82, 2.24) is 0 Å². The van der Waals surface area contributed by atoms with Gasteiger partial charge in [-0.25, -0.2) is 0 Å². The molecule has 0 atom stereocenters. The molecule has 0 rings (SSSR count). The fourth-order valence-corrected chi connectivity index (χ4v) is 0.236. The molecule has 5 heteroatoms. The molecule has 0 amide bonds. The molecule has 0 saturated heterocycles. The Kier molecular flexibility index (Phi) is 14.3. The minimum atomic E-state index is -1.09. The summed E-state index contributed by atoms with van der Waals surface area (Å²) in [5.41, 5.74) is 0.556. The maximum Gasteiger partial charge on any atom is 2.00 e. The first kappa shape index (κ1) is 19.5. The molecular formula is C10H14CuO4. The fraction of sp³-hybridized carbons (Fsp3) is 0.400. The van der Waals surface area contributed by atoms with Crippen molar-refractivity contribution in [3.8, 4) is 0 Å². The molecule has 0 fully saturated rings. The molecule has 15 heavy (non-hydrogen) atoms. The Morgan fingerprint density at radius 1 is 0.867 bits per heavy atom. The molecule has 0 N–H and O–H groups in total. The van der Waals surface area contributed by atoms with Crippen LogP contribution < -0.4 is 10.2 Å². The average molecular weight is 262 g/mol. The Morgan fingerprint density at radius 2 is 1.07 bits per heavy atom. The molecule has 0 aliphatic carbocycles. The Balaban J connectivity index is -0.000000180. The number of rotatable bonds is 2. The van der Waals surface area contributed by atoms with Crippen molar-refractivity contribution >= 4 is 11.9 Å². The Bertz CT molecular complexity index is 239. The molecule has 0 aliphatic rings. The van der Waals surface area contributed by atoms with E-state index in [1.807, 2.05) is 0 Å². The molecule has 0 heterocycles. The Hall–Kier alpha value is -1.06. The summed E-state index contributed by atoms with van der Waals surface area (Å²) in [4.78, 5) is 19.5. The van der Waals surface area contributed by atoms with Crippen LogP contribution in [0.15, 0.2) is 23.3 Å². The molecule has 89 valence electrons. The van der Waals surface area contributed by atoms with Gasteiger partial charge in [0.25, 0.3) is 0 Å². The van der Waals surface area contributed by atoms with Gasteiger partial charge in [0, 0.05) is 0 Å². The van der Waals surface area contributed by atoms with Gasteiger partial charge >= 0.3 is 17.1 Å². The largest absolute Gasteiger partial charge is 2.00 e. The quantitative estimate of drug-likeness (QED) is 0.491. The van der Waals surface area contributed by atoms with E-state index in [2.05, 4.69) is 0 Å². The topological polar surface area (TPSA) is 80.3 Å². The third kappa shape index (κ3) is 12.9. The summed E-state index contributed by atoms with van der Waals surface area (Å²) in [6.45, 7) is 6.31. The monoisotopic (exact) mass is 261 g/mol. The molecule has 0 bridgehead atoms. The minimum Gasteiger partial charge on any atom is -0.545 e. The molecule has 0 unspecified atom stereocenters. The Labute approximate surface area is 100 Å². The van der Waals surface area contributed by atoms with Gasteiger partial charge < -0.3 is 19.8 Å². The number of carbonyl (C=O) groups excluding carboxylic acids is 2. The first-order valence-corrected chi connectivity index (χ1v) is 4.05. The van der Waals surface area contributed by atoms with E-state index >= 15 is 0 Å². The maximum atomic E-state index is 9.75. The second-order valence-corrected chi connectivity index (χ2v) is 2.52. The number of carbonyl (C=O) groups is 2. The van der Waals surface area contributed by atoms with Crippen LogP contribution in [0, 0.1) is 0 Å². The smallest absolute Gasteiger partial charge is 0.545 e. The van der Waals surface area contributed by atoms with Crippen LogP contribution in [0.1, 0.15) is 27.7 Å². The van der Waals surface area contributed by atoms with Crippen LogP contribution in [0.2, 0.25) is 0 Å². The zero-order valence-electron chi connectivity index (χ0n) is 9.09. The van der Waals surface area contributed by atoms with Crippen LogP contribution >= 0.6 is 0 Å². The predicted octanol–water partition coefficient (Wildman–Crippen LogP) is -0.598. The first-order chi connectivity index (χ1) is 6.36. The summed E-state index contributed by atoms with van der Waals surface area (Å²) in [6, 6.07) is 0. The van der Waals surface area contributed by atoms with E-state index in [9.17, 15) is 19.8 Å². The molecular weight excluding hydrogens is 248 g/mol. The van der Waals surface area contributed by atoms with Crippen molar-refractivity contribution in [3.05, 3.63) is 23.3 Å². The van der Waals surface area contributed by atoms with Gasteiger partial charge in [-0.15, -0.1) is 0 Å². The van der Waals surface area contributed by atoms with Crippen molar-refractivity contribution in [2.24, 2.45) is 0 Å². The molecule has 0 saturated carbocycles. The van der Waals surface area contributed by atoms with Crippen LogP contribution in [0.3, 0.4) is 0 Å². The van der Waals surface area contributed by atoms with Gasteiger partial charge in [0.05, 0.1) is 11.9 Å². The number of allylic oxidation sites excluding steroid dienone is 2. The molecule has 0 aromatic rings. The zero-order chi connectivity index (χ0) is 11.7. The van der Waals surface area contributed by atoms with Crippen molar-refractivity contribution < 1.29 is 36.9 Å². The summed E-state index contributed by atoms with van der Waals surface area (Å²) in [6.07, 6.45) is 2.99. The predicted molar refractivity (Wildman–Crippen MR) is 48.9 cm³/mol. The van der Waals surface area contributed by atoms with Gasteiger partial charge in [0.1, 0.15) is 0 Å². The number of aliphatic carboxylic acids is 2. The van der Waals surface area contributed by atoms with Crippen LogP contribution in [-0.2, 0) is 26.7 Å². The minimum absolute atomic E-state index is 0. The third-order valence-electron chi connectivity index (χ3n) is 1.51. The van der Waals surface area contributed by atoms with E-state index in [1.165, 1.54) is 26.0 Å². The molecule has 0 aliphatic heterocycles. The summed E-state index contributed by atoms with van der Waals surface area (Å²) >= 11 is 0. The SMILES string of the molecule is CC=C(C)C(=O)[O-].CC=C(C)C(=O)[O-].[Cu+2].